The van der Waals surface area contributed by atoms with Gasteiger partial charge in [0, 0.05) is 8.07 Å². The van der Waals surface area contributed by atoms with Crippen molar-refractivity contribution in [1.82, 2.24) is 4.49 Å². The van der Waals surface area contributed by atoms with E-state index in [0.29, 0.717) is 0 Å². The highest BCUT2D eigenvalue weighted by atomic mass is 32.2. The van der Waals surface area contributed by atoms with Crippen molar-refractivity contribution in [2.75, 3.05) is 0 Å². The standard InChI is InChI=1S/C19H18NO2PS/c1-16-12-14-19(15-13-16)24(21,22)20-23(17-8-4-2-5-9-17)18-10-6-3-7-11-18/h2-15,20H,1H3. The van der Waals surface area contributed by atoms with Gasteiger partial charge in [0.25, 0.3) is 0 Å². The normalized spacial score (nSPS) is 11.6. The Balaban J connectivity index is 1.99. The molecule has 3 rings (SSSR count). The van der Waals surface area contributed by atoms with Gasteiger partial charge in [-0.2, -0.15) is 4.49 Å². The van der Waals surface area contributed by atoms with Crippen LogP contribution in [0.4, 0.5) is 0 Å². The van der Waals surface area contributed by atoms with E-state index in [0.717, 1.165) is 16.2 Å². The Labute approximate surface area is 144 Å². The van der Waals surface area contributed by atoms with Crippen molar-refractivity contribution >= 4 is 28.7 Å². The van der Waals surface area contributed by atoms with Gasteiger partial charge in [0.15, 0.2) is 0 Å². The quantitative estimate of drug-likeness (QED) is 0.714. The monoisotopic (exact) mass is 355 g/mol. The van der Waals surface area contributed by atoms with Crippen LogP contribution in [0.3, 0.4) is 0 Å². The smallest absolute Gasteiger partial charge is 0.207 e. The summed E-state index contributed by atoms with van der Waals surface area (Å²) in [6.07, 6.45) is 0. The Kier molecular flexibility index (Phi) is 5.10. The Hall–Kier alpha value is -2.00. The minimum absolute atomic E-state index is 0.285. The van der Waals surface area contributed by atoms with Crippen LogP contribution in [-0.2, 0) is 10.0 Å². The lowest BCUT2D eigenvalue weighted by molar-refractivity contribution is 0.594. The molecule has 0 aliphatic carbocycles. The Morgan fingerprint density at radius 3 is 1.62 bits per heavy atom. The number of aryl methyl sites for hydroxylation is 1. The van der Waals surface area contributed by atoms with E-state index in [-0.39, 0.29) is 4.90 Å². The second-order valence-corrected chi connectivity index (χ2v) is 9.33. The molecule has 0 amide bonds. The summed E-state index contributed by atoms with van der Waals surface area (Å²) in [5.74, 6) is 0. The molecule has 0 aromatic heterocycles. The summed E-state index contributed by atoms with van der Waals surface area (Å²) in [5, 5.41) is 1.93. The van der Waals surface area contributed by atoms with Gasteiger partial charge in [-0.3, -0.25) is 0 Å². The van der Waals surface area contributed by atoms with Crippen LogP contribution in [0.5, 0.6) is 0 Å². The van der Waals surface area contributed by atoms with E-state index in [1.54, 1.807) is 12.1 Å². The molecule has 3 aromatic rings. The molecule has 1 N–H and O–H groups in total. The second kappa shape index (κ2) is 7.27. The van der Waals surface area contributed by atoms with Crippen LogP contribution in [0.1, 0.15) is 5.56 Å². The SMILES string of the molecule is Cc1ccc(S(=O)(=O)NP(c2ccccc2)c2ccccc2)cc1. The first kappa shape index (κ1) is 16.8. The van der Waals surface area contributed by atoms with Crippen LogP contribution >= 0.6 is 8.07 Å². The summed E-state index contributed by atoms with van der Waals surface area (Å²) in [6, 6.07) is 26.3. The first-order valence-corrected chi connectivity index (χ1v) is 10.4. The van der Waals surface area contributed by atoms with Crippen molar-refractivity contribution in [2.24, 2.45) is 0 Å². The molecule has 0 saturated carbocycles. The summed E-state index contributed by atoms with van der Waals surface area (Å²) in [5.41, 5.74) is 1.03. The van der Waals surface area contributed by atoms with E-state index < -0.39 is 18.1 Å². The van der Waals surface area contributed by atoms with Crippen LogP contribution in [0.15, 0.2) is 89.8 Å². The summed E-state index contributed by atoms with van der Waals surface area (Å²) in [6.45, 7) is 1.94. The fraction of sp³-hybridized carbons (Fsp3) is 0.0526. The van der Waals surface area contributed by atoms with Crippen LogP contribution < -0.4 is 15.1 Å². The first-order chi connectivity index (χ1) is 11.6. The summed E-state index contributed by atoms with van der Waals surface area (Å²) >= 11 is 0. The van der Waals surface area contributed by atoms with Crippen molar-refractivity contribution in [3.63, 3.8) is 0 Å². The molecule has 5 heteroatoms. The third-order valence-electron chi connectivity index (χ3n) is 3.57. The third-order valence-corrected chi connectivity index (χ3v) is 7.79. The average Bonchev–Trinajstić information content (AvgIpc) is 2.62. The lowest BCUT2D eigenvalue weighted by atomic mass is 10.2. The maximum Gasteiger partial charge on any atom is 0.244 e. The van der Waals surface area contributed by atoms with Crippen molar-refractivity contribution in [3.05, 3.63) is 90.5 Å². The van der Waals surface area contributed by atoms with Crippen LogP contribution in [0.2, 0.25) is 0 Å². The molecule has 0 heterocycles. The van der Waals surface area contributed by atoms with Gasteiger partial charge in [-0.25, -0.2) is 8.42 Å². The lowest BCUT2D eigenvalue weighted by Crippen LogP contribution is -2.28. The first-order valence-electron chi connectivity index (χ1n) is 7.56. The number of nitrogens with one attached hydrogen (secondary N) is 1. The molecule has 0 unspecified atom stereocenters. The molecule has 0 atom stereocenters. The Morgan fingerprint density at radius 1 is 0.708 bits per heavy atom. The van der Waals surface area contributed by atoms with E-state index in [4.69, 9.17) is 0 Å². The summed E-state index contributed by atoms with van der Waals surface area (Å²) in [4.78, 5) is 0.285. The van der Waals surface area contributed by atoms with Gasteiger partial charge in [-0.05, 0) is 29.7 Å². The Bertz CT molecular complexity index is 856. The van der Waals surface area contributed by atoms with E-state index >= 15 is 0 Å². The van der Waals surface area contributed by atoms with E-state index in [1.807, 2.05) is 79.7 Å². The van der Waals surface area contributed by atoms with Crippen LogP contribution in [0, 0.1) is 6.92 Å². The van der Waals surface area contributed by atoms with Gasteiger partial charge in [-0.1, -0.05) is 78.4 Å². The minimum Gasteiger partial charge on any atom is -0.207 e. The van der Waals surface area contributed by atoms with E-state index in [9.17, 15) is 8.42 Å². The van der Waals surface area contributed by atoms with Crippen molar-refractivity contribution in [1.29, 1.82) is 0 Å². The largest absolute Gasteiger partial charge is 0.244 e. The van der Waals surface area contributed by atoms with Gasteiger partial charge in [0.1, 0.15) is 0 Å². The van der Waals surface area contributed by atoms with Gasteiger partial charge in [0.05, 0.1) is 4.90 Å². The van der Waals surface area contributed by atoms with Crippen molar-refractivity contribution < 1.29 is 8.42 Å². The number of rotatable bonds is 5. The molecule has 0 radical (unpaired) electrons. The van der Waals surface area contributed by atoms with Gasteiger partial charge >= 0.3 is 0 Å². The zero-order valence-corrected chi connectivity index (χ0v) is 15.0. The lowest BCUT2D eigenvalue weighted by Gasteiger charge is -2.20. The molecular weight excluding hydrogens is 337 g/mol. The summed E-state index contributed by atoms with van der Waals surface area (Å²) in [7, 11) is -4.80. The highest BCUT2D eigenvalue weighted by molar-refractivity contribution is 7.97. The molecule has 0 aliphatic rings. The molecule has 3 aromatic carbocycles. The third kappa shape index (κ3) is 3.90. The van der Waals surface area contributed by atoms with Gasteiger partial charge < -0.3 is 0 Å². The molecular formula is C19H18NO2PS. The molecule has 0 bridgehead atoms. The van der Waals surface area contributed by atoms with Crippen LogP contribution in [0.25, 0.3) is 0 Å². The highest BCUT2D eigenvalue weighted by Crippen LogP contribution is 2.31. The summed E-state index contributed by atoms with van der Waals surface area (Å²) < 4.78 is 28.5. The van der Waals surface area contributed by atoms with E-state index in [1.165, 1.54) is 0 Å². The number of benzene rings is 3. The minimum atomic E-state index is -3.59. The average molecular weight is 355 g/mol. The Morgan fingerprint density at radius 2 is 1.17 bits per heavy atom. The maximum atomic E-state index is 12.8. The van der Waals surface area contributed by atoms with Gasteiger partial charge in [0.2, 0.25) is 10.0 Å². The fourth-order valence-electron chi connectivity index (χ4n) is 2.30. The maximum absolute atomic E-state index is 12.8. The van der Waals surface area contributed by atoms with Crippen molar-refractivity contribution in [2.45, 2.75) is 11.8 Å². The molecule has 3 nitrogen and oxygen atoms in total. The molecule has 0 spiro atoms. The van der Waals surface area contributed by atoms with Gasteiger partial charge in [-0.15, -0.1) is 0 Å². The zero-order chi connectivity index (χ0) is 17.0. The van der Waals surface area contributed by atoms with E-state index in [2.05, 4.69) is 4.49 Å². The van der Waals surface area contributed by atoms with Crippen LogP contribution in [-0.4, -0.2) is 8.42 Å². The molecule has 0 fully saturated rings. The second-order valence-electron chi connectivity index (χ2n) is 5.41. The molecule has 24 heavy (non-hydrogen) atoms. The highest BCUT2D eigenvalue weighted by Gasteiger charge is 2.22. The van der Waals surface area contributed by atoms with Crippen molar-refractivity contribution in [3.8, 4) is 0 Å². The molecule has 122 valence electrons. The topological polar surface area (TPSA) is 46.2 Å². The molecule has 0 aliphatic heterocycles. The fourth-order valence-corrected chi connectivity index (χ4v) is 6.26. The number of sulfonamides is 1. The zero-order valence-electron chi connectivity index (χ0n) is 13.3. The molecule has 0 saturated heterocycles. The predicted octanol–water partition coefficient (Wildman–Crippen LogP) is 3.32. The predicted molar refractivity (Wildman–Crippen MR) is 101 cm³/mol. The number of hydrogen-bond donors (Lipinski definition) is 1. The number of hydrogen-bond acceptors (Lipinski definition) is 2.